The topological polar surface area (TPSA) is 84.5 Å². The van der Waals surface area contributed by atoms with Gasteiger partial charge in [-0.2, -0.15) is 0 Å². The largest absolute Gasteiger partial charge is 0.493 e. The fourth-order valence-corrected chi connectivity index (χ4v) is 3.42. The molecular weight excluding hydrogens is 316 g/mol. The third-order valence-corrected chi connectivity index (χ3v) is 4.37. The lowest BCUT2D eigenvalue weighted by atomic mass is 9.99. The summed E-state index contributed by atoms with van der Waals surface area (Å²) in [5, 5.41) is 2.96. The molecule has 6 nitrogen and oxygen atoms in total. The van der Waals surface area contributed by atoms with Gasteiger partial charge in [0.1, 0.15) is 11.8 Å². The van der Waals surface area contributed by atoms with E-state index in [0.29, 0.717) is 19.4 Å². The van der Waals surface area contributed by atoms with Gasteiger partial charge < -0.3 is 10.1 Å². The van der Waals surface area contributed by atoms with Crippen LogP contribution < -0.4 is 14.8 Å². The number of carbonyl (C=O) groups excluding carboxylic acids is 1. The molecule has 1 aromatic rings. The molecule has 128 valence electrons. The molecule has 0 bridgehead atoms. The fourth-order valence-electron chi connectivity index (χ4n) is 2.70. The Morgan fingerprint density at radius 2 is 2.04 bits per heavy atom. The van der Waals surface area contributed by atoms with Crippen LogP contribution in [-0.2, 0) is 14.8 Å². The molecule has 0 radical (unpaired) electrons. The van der Waals surface area contributed by atoms with E-state index < -0.39 is 16.1 Å². The van der Waals surface area contributed by atoms with Crippen molar-refractivity contribution in [2.24, 2.45) is 5.92 Å². The number of para-hydroxylation sites is 1. The molecule has 1 amide bonds. The summed E-state index contributed by atoms with van der Waals surface area (Å²) in [5.41, 5.74) is 0.926. The molecule has 23 heavy (non-hydrogen) atoms. The third-order valence-electron chi connectivity index (χ3n) is 3.65. The summed E-state index contributed by atoms with van der Waals surface area (Å²) in [6, 6.07) is 6.64. The number of benzene rings is 1. The van der Waals surface area contributed by atoms with Crippen LogP contribution in [0.1, 0.15) is 38.3 Å². The lowest BCUT2D eigenvalue weighted by Crippen LogP contribution is -2.48. The van der Waals surface area contributed by atoms with Gasteiger partial charge in [-0.1, -0.05) is 32.0 Å². The second-order valence-electron chi connectivity index (χ2n) is 6.31. The van der Waals surface area contributed by atoms with Crippen LogP contribution in [0.3, 0.4) is 0 Å². The maximum atomic E-state index is 12.6. The minimum Gasteiger partial charge on any atom is -0.493 e. The van der Waals surface area contributed by atoms with E-state index in [4.69, 9.17) is 4.74 Å². The highest BCUT2D eigenvalue weighted by atomic mass is 32.2. The second-order valence-corrected chi connectivity index (χ2v) is 8.09. The highest BCUT2D eigenvalue weighted by Gasteiger charge is 2.28. The van der Waals surface area contributed by atoms with E-state index in [2.05, 4.69) is 10.0 Å². The van der Waals surface area contributed by atoms with Gasteiger partial charge in [-0.15, -0.1) is 0 Å². The number of sulfonamides is 1. The lowest BCUT2D eigenvalue weighted by molar-refractivity contribution is -0.124. The quantitative estimate of drug-likeness (QED) is 0.824. The number of carbonyl (C=O) groups is 1. The SMILES string of the molecule is CC(C)C[C@H](NS(C)(=O)=O)C(=O)N[C@H]1CCOc2ccccc21. The molecule has 1 aliphatic heterocycles. The summed E-state index contributed by atoms with van der Waals surface area (Å²) < 4.78 is 31.0. The van der Waals surface area contributed by atoms with Crippen molar-refractivity contribution in [2.45, 2.75) is 38.8 Å². The molecule has 0 spiro atoms. The van der Waals surface area contributed by atoms with Gasteiger partial charge >= 0.3 is 0 Å². The van der Waals surface area contributed by atoms with E-state index in [1.807, 2.05) is 38.1 Å². The molecule has 2 rings (SSSR count). The standard InChI is InChI=1S/C16H24N2O4S/c1-11(2)10-14(18-23(3,20)21)16(19)17-13-8-9-22-15-7-5-4-6-12(13)15/h4-7,11,13-14,18H,8-10H2,1-3H3,(H,17,19)/t13-,14-/m0/s1. The number of ether oxygens (including phenoxy) is 1. The molecular formula is C16H24N2O4S. The number of hydrogen-bond donors (Lipinski definition) is 2. The predicted molar refractivity (Wildman–Crippen MR) is 88.7 cm³/mol. The van der Waals surface area contributed by atoms with Crippen LogP contribution in [0.15, 0.2) is 24.3 Å². The Balaban J connectivity index is 2.12. The number of amides is 1. The summed E-state index contributed by atoms with van der Waals surface area (Å²) in [4.78, 5) is 12.6. The molecule has 1 aliphatic rings. The van der Waals surface area contributed by atoms with E-state index >= 15 is 0 Å². The minimum atomic E-state index is -3.45. The van der Waals surface area contributed by atoms with Gasteiger partial charge in [0.25, 0.3) is 0 Å². The number of rotatable bonds is 6. The Morgan fingerprint density at radius 1 is 1.35 bits per heavy atom. The van der Waals surface area contributed by atoms with E-state index in [0.717, 1.165) is 17.6 Å². The minimum absolute atomic E-state index is 0.163. The van der Waals surface area contributed by atoms with E-state index in [9.17, 15) is 13.2 Å². The molecule has 2 atom stereocenters. The molecule has 0 aliphatic carbocycles. The normalized spacial score (nSPS) is 18.9. The van der Waals surface area contributed by atoms with Crippen LogP contribution >= 0.6 is 0 Å². The Labute approximate surface area is 137 Å². The van der Waals surface area contributed by atoms with Gasteiger partial charge in [-0.3, -0.25) is 4.79 Å². The van der Waals surface area contributed by atoms with Crippen molar-refractivity contribution in [2.75, 3.05) is 12.9 Å². The Hall–Kier alpha value is -1.60. The molecule has 0 fully saturated rings. The summed E-state index contributed by atoms with van der Waals surface area (Å²) in [6.45, 7) is 4.43. The lowest BCUT2D eigenvalue weighted by Gasteiger charge is -2.28. The van der Waals surface area contributed by atoms with Crippen LogP contribution in [0.2, 0.25) is 0 Å². The number of fused-ring (bicyclic) bond motifs is 1. The molecule has 0 aromatic heterocycles. The van der Waals surface area contributed by atoms with Crippen LogP contribution in [0.5, 0.6) is 5.75 Å². The van der Waals surface area contributed by atoms with Crippen molar-refractivity contribution in [1.82, 2.24) is 10.0 Å². The van der Waals surface area contributed by atoms with Crippen molar-refractivity contribution < 1.29 is 17.9 Å². The molecule has 0 saturated heterocycles. The fraction of sp³-hybridized carbons (Fsp3) is 0.562. The van der Waals surface area contributed by atoms with E-state index in [1.54, 1.807) is 0 Å². The zero-order chi connectivity index (χ0) is 17.0. The third kappa shape index (κ3) is 5.21. The first-order chi connectivity index (χ1) is 10.8. The zero-order valence-corrected chi connectivity index (χ0v) is 14.5. The second kappa shape index (κ2) is 7.31. The molecule has 0 saturated carbocycles. The highest BCUT2D eigenvalue weighted by Crippen LogP contribution is 2.31. The first-order valence-corrected chi connectivity index (χ1v) is 9.65. The monoisotopic (exact) mass is 340 g/mol. The smallest absolute Gasteiger partial charge is 0.238 e. The molecule has 7 heteroatoms. The average molecular weight is 340 g/mol. The van der Waals surface area contributed by atoms with Crippen LogP contribution in [-0.4, -0.2) is 33.2 Å². The zero-order valence-electron chi connectivity index (χ0n) is 13.7. The Morgan fingerprint density at radius 3 is 2.70 bits per heavy atom. The van der Waals surface area contributed by atoms with Crippen LogP contribution in [0.4, 0.5) is 0 Å². The molecule has 1 aromatic carbocycles. The number of hydrogen-bond acceptors (Lipinski definition) is 4. The number of nitrogens with one attached hydrogen (secondary N) is 2. The van der Waals surface area contributed by atoms with Gasteiger partial charge in [0.05, 0.1) is 18.9 Å². The predicted octanol–water partition coefficient (Wildman–Crippen LogP) is 1.59. The summed E-state index contributed by atoms with van der Waals surface area (Å²) in [5.74, 6) is 0.660. The van der Waals surface area contributed by atoms with Gasteiger partial charge in [0, 0.05) is 12.0 Å². The van der Waals surface area contributed by atoms with Crippen molar-refractivity contribution >= 4 is 15.9 Å². The van der Waals surface area contributed by atoms with E-state index in [-0.39, 0.29) is 17.9 Å². The Kier molecular flexibility index (Phi) is 5.64. The Bertz CT molecular complexity index is 658. The van der Waals surface area contributed by atoms with E-state index in [1.165, 1.54) is 0 Å². The van der Waals surface area contributed by atoms with Crippen molar-refractivity contribution in [3.63, 3.8) is 0 Å². The maximum Gasteiger partial charge on any atom is 0.238 e. The van der Waals surface area contributed by atoms with Crippen LogP contribution in [0, 0.1) is 5.92 Å². The molecule has 1 heterocycles. The summed E-state index contributed by atoms with van der Waals surface area (Å²) >= 11 is 0. The molecule has 2 N–H and O–H groups in total. The first kappa shape index (κ1) is 17.7. The maximum absolute atomic E-state index is 12.6. The van der Waals surface area contributed by atoms with Crippen molar-refractivity contribution in [3.05, 3.63) is 29.8 Å². The average Bonchev–Trinajstić information content (AvgIpc) is 2.45. The van der Waals surface area contributed by atoms with Gasteiger partial charge in [0.15, 0.2) is 0 Å². The van der Waals surface area contributed by atoms with Gasteiger partial charge in [-0.05, 0) is 18.4 Å². The summed E-state index contributed by atoms with van der Waals surface area (Å²) in [7, 11) is -3.45. The van der Waals surface area contributed by atoms with Crippen molar-refractivity contribution in [1.29, 1.82) is 0 Å². The first-order valence-electron chi connectivity index (χ1n) is 7.75. The van der Waals surface area contributed by atoms with Gasteiger partial charge in [0.2, 0.25) is 15.9 Å². The highest BCUT2D eigenvalue weighted by molar-refractivity contribution is 7.88. The molecule has 0 unspecified atom stereocenters. The van der Waals surface area contributed by atoms with Crippen LogP contribution in [0.25, 0.3) is 0 Å². The van der Waals surface area contributed by atoms with Gasteiger partial charge in [-0.25, -0.2) is 13.1 Å². The summed E-state index contributed by atoms with van der Waals surface area (Å²) in [6.07, 6.45) is 2.18. The van der Waals surface area contributed by atoms with Crippen molar-refractivity contribution in [3.8, 4) is 5.75 Å².